The van der Waals surface area contributed by atoms with E-state index in [4.69, 9.17) is 4.74 Å². The molecule has 1 aliphatic carbocycles. The van der Waals surface area contributed by atoms with Crippen LogP contribution in [-0.4, -0.2) is 5.97 Å². The van der Waals surface area contributed by atoms with E-state index in [1.54, 1.807) is 0 Å². The fraction of sp³-hybridized carbons (Fsp3) is 0.316. The summed E-state index contributed by atoms with van der Waals surface area (Å²) in [5.74, 6) is -1.93. The molecular formula is C19H18FO3-. The van der Waals surface area contributed by atoms with Crippen LogP contribution in [0.3, 0.4) is 0 Å². The van der Waals surface area contributed by atoms with Crippen LogP contribution in [0.15, 0.2) is 48.5 Å². The van der Waals surface area contributed by atoms with Gasteiger partial charge < -0.3 is 14.6 Å². The number of carboxylic acids is 1. The Morgan fingerprint density at radius 1 is 1.04 bits per heavy atom. The molecule has 1 fully saturated rings. The van der Waals surface area contributed by atoms with Gasteiger partial charge in [0.25, 0.3) is 0 Å². The highest BCUT2D eigenvalue weighted by Gasteiger charge is 2.36. The van der Waals surface area contributed by atoms with Crippen molar-refractivity contribution in [1.82, 2.24) is 0 Å². The molecule has 0 spiro atoms. The number of ether oxygens (including phenoxy) is 1. The normalized spacial score (nSPS) is 16.7. The van der Waals surface area contributed by atoms with E-state index in [9.17, 15) is 14.3 Å². The van der Waals surface area contributed by atoms with Gasteiger partial charge in [-0.15, -0.1) is 0 Å². The van der Waals surface area contributed by atoms with Crippen molar-refractivity contribution in [2.45, 2.75) is 37.7 Å². The molecule has 1 saturated carbocycles. The van der Waals surface area contributed by atoms with Gasteiger partial charge in [0, 0.05) is 5.56 Å². The first-order valence-corrected chi connectivity index (χ1v) is 7.86. The molecule has 23 heavy (non-hydrogen) atoms. The lowest BCUT2D eigenvalue weighted by atomic mass is 9.79. The zero-order chi connectivity index (χ0) is 16.3. The molecule has 0 unspecified atom stereocenters. The lowest BCUT2D eigenvalue weighted by Gasteiger charge is -2.38. The number of halogens is 1. The molecule has 0 aromatic heterocycles. The van der Waals surface area contributed by atoms with Gasteiger partial charge in [-0.25, -0.2) is 4.39 Å². The third kappa shape index (κ3) is 3.21. The fourth-order valence-electron chi connectivity index (χ4n) is 3.23. The topological polar surface area (TPSA) is 49.4 Å². The third-order valence-corrected chi connectivity index (χ3v) is 4.43. The number of carboxylic acid groups (broad SMARTS) is 1. The molecule has 0 aliphatic heterocycles. The molecule has 0 N–H and O–H groups in total. The van der Waals surface area contributed by atoms with Crippen LogP contribution in [-0.2, 0) is 5.60 Å². The molecule has 1 aliphatic rings. The van der Waals surface area contributed by atoms with Gasteiger partial charge in [-0.2, -0.15) is 0 Å². The summed E-state index contributed by atoms with van der Waals surface area (Å²) < 4.78 is 20.2. The highest BCUT2D eigenvalue weighted by molar-refractivity contribution is 5.86. The highest BCUT2D eigenvalue weighted by atomic mass is 19.1. The minimum absolute atomic E-state index is 0.0301. The fourth-order valence-corrected chi connectivity index (χ4v) is 3.23. The van der Waals surface area contributed by atoms with Gasteiger partial charge in [-0.3, -0.25) is 0 Å². The second-order valence-corrected chi connectivity index (χ2v) is 5.96. The molecule has 0 amide bonds. The monoisotopic (exact) mass is 313 g/mol. The number of hydrogen-bond acceptors (Lipinski definition) is 3. The molecule has 0 atom stereocenters. The average molecular weight is 313 g/mol. The van der Waals surface area contributed by atoms with E-state index in [1.807, 2.05) is 30.3 Å². The summed E-state index contributed by atoms with van der Waals surface area (Å²) in [6.45, 7) is 0. The van der Waals surface area contributed by atoms with E-state index < -0.39 is 17.4 Å². The van der Waals surface area contributed by atoms with Gasteiger partial charge in [0.1, 0.15) is 5.60 Å². The second kappa shape index (κ2) is 6.41. The molecule has 2 aromatic carbocycles. The Kier molecular flexibility index (Phi) is 4.33. The van der Waals surface area contributed by atoms with Gasteiger partial charge in [0.05, 0.1) is 5.97 Å². The van der Waals surface area contributed by atoms with Crippen LogP contribution in [0.2, 0.25) is 0 Å². The van der Waals surface area contributed by atoms with E-state index >= 15 is 0 Å². The minimum atomic E-state index is -1.34. The maximum Gasteiger partial charge on any atom is 0.165 e. The van der Waals surface area contributed by atoms with Crippen molar-refractivity contribution in [1.29, 1.82) is 0 Å². The van der Waals surface area contributed by atoms with Crippen LogP contribution in [0.25, 0.3) is 0 Å². The van der Waals surface area contributed by atoms with E-state index in [0.717, 1.165) is 43.7 Å². The summed E-state index contributed by atoms with van der Waals surface area (Å²) in [6.07, 6.45) is 4.69. The van der Waals surface area contributed by atoms with Crippen molar-refractivity contribution in [3.63, 3.8) is 0 Å². The predicted molar refractivity (Wildman–Crippen MR) is 82.6 cm³/mol. The van der Waals surface area contributed by atoms with Gasteiger partial charge in [0.15, 0.2) is 11.6 Å². The maximum atomic E-state index is 14.1. The van der Waals surface area contributed by atoms with Crippen molar-refractivity contribution in [2.75, 3.05) is 0 Å². The zero-order valence-corrected chi connectivity index (χ0v) is 12.8. The number of rotatable bonds is 4. The predicted octanol–water partition coefficient (Wildman–Crippen LogP) is 3.43. The molecule has 4 heteroatoms. The second-order valence-electron chi connectivity index (χ2n) is 5.96. The van der Waals surface area contributed by atoms with E-state index in [1.165, 1.54) is 12.1 Å². The summed E-state index contributed by atoms with van der Waals surface area (Å²) in [7, 11) is 0. The van der Waals surface area contributed by atoms with Gasteiger partial charge in [-0.05, 0) is 49.4 Å². The molecule has 0 heterocycles. The number of aromatic carboxylic acids is 1. The van der Waals surface area contributed by atoms with Crippen molar-refractivity contribution >= 4 is 5.97 Å². The summed E-state index contributed by atoms with van der Waals surface area (Å²) in [5.41, 5.74) is 0.309. The summed E-state index contributed by atoms with van der Waals surface area (Å²) in [5, 5.41) is 11.0. The van der Waals surface area contributed by atoms with Crippen molar-refractivity contribution < 1.29 is 19.0 Å². The Labute approximate surface area is 134 Å². The molecule has 0 bridgehead atoms. The van der Waals surface area contributed by atoms with Crippen LogP contribution in [0.1, 0.15) is 48.0 Å². The smallest absolute Gasteiger partial charge is 0.165 e. The van der Waals surface area contributed by atoms with Crippen LogP contribution >= 0.6 is 0 Å². The number of carbonyl (C=O) groups is 1. The Bertz CT molecular complexity index is 691. The number of carbonyl (C=O) groups excluding carboxylic acids is 1. The average Bonchev–Trinajstić information content (AvgIpc) is 2.58. The van der Waals surface area contributed by atoms with Crippen molar-refractivity contribution in [2.24, 2.45) is 0 Å². The number of hydrogen-bond donors (Lipinski definition) is 0. The summed E-state index contributed by atoms with van der Waals surface area (Å²) in [4.78, 5) is 11.0. The van der Waals surface area contributed by atoms with Crippen LogP contribution in [0.4, 0.5) is 4.39 Å². The van der Waals surface area contributed by atoms with Crippen LogP contribution < -0.4 is 9.84 Å². The largest absolute Gasteiger partial charge is 0.545 e. The summed E-state index contributed by atoms with van der Waals surface area (Å²) in [6, 6.07) is 13.3. The Morgan fingerprint density at radius 3 is 2.39 bits per heavy atom. The quantitative estimate of drug-likeness (QED) is 0.869. The minimum Gasteiger partial charge on any atom is -0.545 e. The summed E-state index contributed by atoms with van der Waals surface area (Å²) >= 11 is 0. The molecular weight excluding hydrogens is 295 g/mol. The Balaban J connectivity index is 1.99. The van der Waals surface area contributed by atoms with Crippen LogP contribution in [0, 0.1) is 5.82 Å². The molecule has 120 valence electrons. The Morgan fingerprint density at radius 2 is 1.74 bits per heavy atom. The lowest BCUT2D eigenvalue weighted by Crippen LogP contribution is -2.35. The molecule has 2 aromatic rings. The molecule has 3 nitrogen and oxygen atoms in total. The van der Waals surface area contributed by atoms with E-state index in [2.05, 4.69) is 0 Å². The van der Waals surface area contributed by atoms with E-state index in [0.29, 0.717) is 0 Å². The SMILES string of the molecule is O=C([O-])c1ccc(F)c(OC2(c3ccccc3)CCCCC2)c1. The maximum absolute atomic E-state index is 14.1. The lowest BCUT2D eigenvalue weighted by molar-refractivity contribution is -0.255. The van der Waals surface area contributed by atoms with Crippen molar-refractivity contribution in [3.8, 4) is 5.75 Å². The molecule has 3 rings (SSSR count). The van der Waals surface area contributed by atoms with Gasteiger partial charge in [-0.1, -0.05) is 36.8 Å². The standard InChI is InChI=1S/C19H19FO3/c20-16-10-9-14(18(21)22)13-17(16)23-19(11-5-2-6-12-19)15-7-3-1-4-8-15/h1,3-4,7-10,13H,2,5-6,11-12H2,(H,21,22)/p-1. The van der Waals surface area contributed by atoms with Crippen molar-refractivity contribution in [3.05, 3.63) is 65.5 Å². The number of benzene rings is 2. The van der Waals surface area contributed by atoms with Crippen LogP contribution in [0.5, 0.6) is 5.75 Å². The molecule has 0 radical (unpaired) electrons. The van der Waals surface area contributed by atoms with Gasteiger partial charge in [0.2, 0.25) is 0 Å². The van der Waals surface area contributed by atoms with E-state index in [-0.39, 0.29) is 11.3 Å². The zero-order valence-electron chi connectivity index (χ0n) is 12.8. The first kappa shape index (κ1) is 15.5. The first-order chi connectivity index (χ1) is 11.1. The Hall–Kier alpha value is -2.36. The molecule has 0 saturated heterocycles. The third-order valence-electron chi connectivity index (χ3n) is 4.43. The highest BCUT2D eigenvalue weighted by Crippen LogP contribution is 2.41. The first-order valence-electron chi connectivity index (χ1n) is 7.86. The van der Waals surface area contributed by atoms with Gasteiger partial charge >= 0.3 is 0 Å².